The van der Waals surface area contributed by atoms with Gasteiger partial charge in [0.25, 0.3) is 0 Å². The molecule has 0 bridgehead atoms. The van der Waals surface area contributed by atoms with Crippen molar-refractivity contribution in [3.8, 4) is 22.1 Å². The van der Waals surface area contributed by atoms with E-state index in [1.165, 1.54) is 0 Å². The van der Waals surface area contributed by atoms with Crippen molar-refractivity contribution in [2.24, 2.45) is 0 Å². The first-order valence-electron chi connectivity index (χ1n) is 6.27. The summed E-state index contributed by atoms with van der Waals surface area (Å²) in [7, 11) is 3.16. The van der Waals surface area contributed by atoms with Crippen LogP contribution in [0.1, 0.15) is 12.6 Å². The van der Waals surface area contributed by atoms with Crippen molar-refractivity contribution in [2.75, 3.05) is 20.8 Å². The second kappa shape index (κ2) is 6.92. The van der Waals surface area contributed by atoms with Gasteiger partial charge in [0, 0.05) is 17.5 Å². The number of nitrogens with zero attached hydrogens (tertiary/aromatic N) is 1. The van der Waals surface area contributed by atoms with Crippen molar-refractivity contribution in [3.63, 3.8) is 0 Å². The fraction of sp³-hybridized carbons (Fsp3) is 0.357. The lowest BCUT2D eigenvalue weighted by atomic mass is 10.2. The maximum Gasteiger partial charge on any atom is 0.180 e. The first-order chi connectivity index (χ1) is 9.71. The van der Waals surface area contributed by atoms with E-state index >= 15 is 0 Å². The minimum Gasteiger partial charge on any atom is -0.493 e. The van der Waals surface area contributed by atoms with Crippen LogP contribution in [0.15, 0.2) is 17.5 Å². The van der Waals surface area contributed by atoms with Crippen LogP contribution >= 0.6 is 22.9 Å². The zero-order valence-electron chi connectivity index (χ0n) is 11.7. The maximum absolute atomic E-state index is 6.39. The van der Waals surface area contributed by atoms with Crippen molar-refractivity contribution in [3.05, 3.63) is 28.2 Å². The van der Waals surface area contributed by atoms with E-state index in [1.54, 1.807) is 25.6 Å². The molecule has 0 spiro atoms. The van der Waals surface area contributed by atoms with Crippen molar-refractivity contribution in [1.82, 2.24) is 10.3 Å². The number of benzene rings is 1. The summed E-state index contributed by atoms with van der Waals surface area (Å²) in [5.41, 5.74) is 1.87. The Morgan fingerprint density at radius 3 is 2.75 bits per heavy atom. The van der Waals surface area contributed by atoms with E-state index in [0.29, 0.717) is 16.5 Å². The van der Waals surface area contributed by atoms with Crippen LogP contribution in [0.25, 0.3) is 10.6 Å². The number of aromatic nitrogens is 1. The van der Waals surface area contributed by atoms with Crippen LogP contribution in [0.5, 0.6) is 11.5 Å². The Morgan fingerprint density at radius 1 is 1.30 bits per heavy atom. The standard InChI is InChI=1S/C14H17ClN2O2S/c1-4-16-7-9-8-20-14(17-9)10-5-6-11(18-2)13(19-3)12(10)15/h5-6,8,16H,4,7H2,1-3H3. The third-order valence-electron chi connectivity index (χ3n) is 2.82. The van der Waals surface area contributed by atoms with Crippen molar-refractivity contribution < 1.29 is 9.47 Å². The zero-order valence-corrected chi connectivity index (χ0v) is 13.3. The van der Waals surface area contributed by atoms with Gasteiger partial charge in [0.2, 0.25) is 0 Å². The molecule has 1 aromatic carbocycles. The van der Waals surface area contributed by atoms with Gasteiger partial charge in [0.05, 0.1) is 24.9 Å². The molecule has 4 nitrogen and oxygen atoms in total. The summed E-state index contributed by atoms with van der Waals surface area (Å²) in [4.78, 5) is 4.58. The van der Waals surface area contributed by atoms with Crippen LogP contribution in [0, 0.1) is 0 Å². The molecule has 0 saturated heterocycles. The molecule has 0 saturated carbocycles. The van der Waals surface area contributed by atoms with Gasteiger partial charge in [-0.3, -0.25) is 0 Å². The molecule has 1 aromatic heterocycles. The molecule has 2 aromatic rings. The van der Waals surface area contributed by atoms with E-state index in [4.69, 9.17) is 21.1 Å². The molecule has 0 radical (unpaired) electrons. The highest BCUT2D eigenvalue weighted by Crippen LogP contribution is 2.42. The highest BCUT2D eigenvalue weighted by molar-refractivity contribution is 7.13. The molecule has 1 heterocycles. The first-order valence-corrected chi connectivity index (χ1v) is 7.53. The van der Waals surface area contributed by atoms with Crippen LogP contribution in [0.4, 0.5) is 0 Å². The molecule has 6 heteroatoms. The molecular weight excluding hydrogens is 296 g/mol. The molecule has 0 aliphatic rings. The van der Waals surface area contributed by atoms with Gasteiger partial charge in [-0.2, -0.15) is 0 Å². The van der Waals surface area contributed by atoms with Crippen LogP contribution < -0.4 is 14.8 Å². The van der Waals surface area contributed by atoms with E-state index in [0.717, 1.165) is 29.4 Å². The first kappa shape index (κ1) is 15.1. The average Bonchev–Trinajstić information content (AvgIpc) is 2.93. The van der Waals surface area contributed by atoms with Gasteiger partial charge in [-0.1, -0.05) is 18.5 Å². The Labute approximate surface area is 127 Å². The van der Waals surface area contributed by atoms with E-state index in [9.17, 15) is 0 Å². The summed E-state index contributed by atoms with van der Waals surface area (Å²) >= 11 is 7.95. The average molecular weight is 313 g/mol. The minimum atomic E-state index is 0.524. The predicted octanol–water partition coefficient (Wildman–Crippen LogP) is 3.59. The third kappa shape index (κ3) is 3.06. The topological polar surface area (TPSA) is 43.4 Å². The van der Waals surface area contributed by atoms with Crippen LogP contribution in [-0.2, 0) is 6.54 Å². The highest BCUT2D eigenvalue weighted by Gasteiger charge is 2.16. The maximum atomic E-state index is 6.39. The van der Waals surface area contributed by atoms with Crippen molar-refractivity contribution in [2.45, 2.75) is 13.5 Å². The molecule has 0 atom stereocenters. The van der Waals surface area contributed by atoms with Gasteiger partial charge in [-0.05, 0) is 18.7 Å². The summed E-state index contributed by atoms with van der Waals surface area (Å²) in [5.74, 6) is 1.15. The Balaban J connectivity index is 2.35. The molecule has 20 heavy (non-hydrogen) atoms. The molecule has 0 aliphatic heterocycles. The summed E-state index contributed by atoms with van der Waals surface area (Å²) in [6.07, 6.45) is 0. The van der Waals surface area contributed by atoms with E-state index < -0.39 is 0 Å². The number of hydrogen-bond acceptors (Lipinski definition) is 5. The monoisotopic (exact) mass is 312 g/mol. The number of halogens is 1. The van der Waals surface area contributed by atoms with Gasteiger partial charge in [-0.15, -0.1) is 11.3 Å². The van der Waals surface area contributed by atoms with E-state index in [1.807, 2.05) is 17.5 Å². The predicted molar refractivity (Wildman–Crippen MR) is 83.0 cm³/mol. The van der Waals surface area contributed by atoms with Crippen LogP contribution in [0.2, 0.25) is 5.02 Å². The largest absolute Gasteiger partial charge is 0.493 e. The number of ether oxygens (including phenoxy) is 2. The lowest BCUT2D eigenvalue weighted by molar-refractivity contribution is 0.355. The van der Waals surface area contributed by atoms with Gasteiger partial charge in [0.15, 0.2) is 11.5 Å². The lowest BCUT2D eigenvalue weighted by Gasteiger charge is -2.11. The minimum absolute atomic E-state index is 0.524. The van der Waals surface area contributed by atoms with Gasteiger partial charge in [0.1, 0.15) is 5.01 Å². The van der Waals surface area contributed by atoms with Crippen molar-refractivity contribution >= 4 is 22.9 Å². The molecule has 0 amide bonds. The number of rotatable bonds is 6. The zero-order chi connectivity index (χ0) is 14.5. The molecule has 1 N–H and O–H groups in total. The van der Waals surface area contributed by atoms with Crippen molar-refractivity contribution in [1.29, 1.82) is 0 Å². The van der Waals surface area contributed by atoms with Gasteiger partial charge < -0.3 is 14.8 Å². The molecule has 0 fully saturated rings. The Kier molecular flexibility index (Phi) is 5.23. The highest BCUT2D eigenvalue weighted by atomic mass is 35.5. The lowest BCUT2D eigenvalue weighted by Crippen LogP contribution is -2.11. The van der Waals surface area contributed by atoms with Gasteiger partial charge in [-0.25, -0.2) is 4.98 Å². The molecule has 0 unspecified atom stereocenters. The molecular formula is C14H17ClN2O2S. The summed E-state index contributed by atoms with van der Waals surface area (Å²) < 4.78 is 10.5. The second-order valence-electron chi connectivity index (χ2n) is 4.09. The summed E-state index contributed by atoms with van der Waals surface area (Å²) in [5, 5.41) is 6.69. The molecule has 108 valence electrons. The van der Waals surface area contributed by atoms with Crippen LogP contribution in [-0.4, -0.2) is 25.7 Å². The second-order valence-corrected chi connectivity index (χ2v) is 5.32. The van der Waals surface area contributed by atoms with Gasteiger partial charge >= 0.3 is 0 Å². The smallest absolute Gasteiger partial charge is 0.180 e. The van der Waals surface area contributed by atoms with E-state index in [2.05, 4.69) is 17.2 Å². The normalized spacial score (nSPS) is 10.6. The molecule has 0 aliphatic carbocycles. The van der Waals surface area contributed by atoms with E-state index in [-0.39, 0.29) is 0 Å². The van der Waals surface area contributed by atoms with Crippen LogP contribution in [0.3, 0.4) is 0 Å². The fourth-order valence-corrected chi connectivity index (χ4v) is 3.05. The number of hydrogen-bond donors (Lipinski definition) is 1. The number of methoxy groups -OCH3 is 2. The summed E-state index contributed by atoms with van der Waals surface area (Å²) in [6, 6.07) is 3.74. The SMILES string of the molecule is CCNCc1csc(-c2ccc(OC)c(OC)c2Cl)n1. The quantitative estimate of drug-likeness (QED) is 0.885. The molecule has 2 rings (SSSR count). The number of thiazole rings is 1. The number of nitrogens with one attached hydrogen (secondary N) is 1. The third-order valence-corrected chi connectivity index (χ3v) is 4.12. The fourth-order valence-electron chi connectivity index (χ4n) is 1.82. The Bertz CT molecular complexity index is 587. The Hall–Kier alpha value is -1.30. The summed E-state index contributed by atoms with van der Waals surface area (Å²) in [6.45, 7) is 3.75. The Morgan fingerprint density at radius 2 is 2.10 bits per heavy atom.